The molecule has 1 unspecified atom stereocenters. The second-order valence-electron chi connectivity index (χ2n) is 2.72. The van der Waals surface area contributed by atoms with Crippen molar-refractivity contribution in [1.29, 1.82) is 5.26 Å². The highest BCUT2D eigenvalue weighted by atomic mass is 16.3. The molecule has 0 radical (unpaired) electrons. The molecular formula is C9H9NO3. The molecule has 1 aromatic carbocycles. The Morgan fingerprint density at radius 1 is 1.31 bits per heavy atom. The number of rotatable bonds is 1. The Balaban J connectivity index is 3.33. The highest BCUT2D eigenvalue weighted by molar-refractivity contribution is 5.51. The molecule has 0 saturated carbocycles. The molecule has 4 heteroatoms. The van der Waals surface area contributed by atoms with Gasteiger partial charge in [0.25, 0.3) is 0 Å². The maximum Gasteiger partial charge on any atom is 0.137 e. The van der Waals surface area contributed by atoms with Gasteiger partial charge in [-0.2, -0.15) is 5.26 Å². The number of nitriles is 1. The molecule has 0 amide bonds. The van der Waals surface area contributed by atoms with E-state index in [1.807, 2.05) is 0 Å². The van der Waals surface area contributed by atoms with E-state index in [4.69, 9.17) is 15.5 Å². The zero-order valence-corrected chi connectivity index (χ0v) is 7.02. The molecule has 0 aliphatic carbocycles. The third-order valence-corrected chi connectivity index (χ3v) is 1.72. The minimum Gasteiger partial charge on any atom is -0.507 e. The number of aromatic hydroxyl groups is 2. The fourth-order valence-electron chi connectivity index (χ4n) is 1.02. The van der Waals surface area contributed by atoms with Crippen molar-refractivity contribution in [1.82, 2.24) is 0 Å². The van der Waals surface area contributed by atoms with E-state index in [2.05, 4.69) is 0 Å². The lowest BCUT2D eigenvalue weighted by Crippen LogP contribution is -1.92. The lowest BCUT2D eigenvalue weighted by molar-refractivity contribution is 0.195. The summed E-state index contributed by atoms with van der Waals surface area (Å²) in [6.45, 7) is 1.47. The SMILES string of the molecule is CC(O)c1cc(C#N)c(O)cc1O. The van der Waals surface area contributed by atoms with Crippen LogP contribution in [0.3, 0.4) is 0 Å². The number of hydrogen-bond acceptors (Lipinski definition) is 4. The first-order valence-electron chi connectivity index (χ1n) is 3.70. The van der Waals surface area contributed by atoms with Gasteiger partial charge < -0.3 is 15.3 Å². The van der Waals surface area contributed by atoms with E-state index in [1.54, 1.807) is 6.07 Å². The van der Waals surface area contributed by atoms with E-state index in [-0.39, 0.29) is 22.6 Å². The number of phenolic OH excluding ortho intramolecular Hbond substituents is 2. The molecule has 13 heavy (non-hydrogen) atoms. The Hall–Kier alpha value is -1.73. The smallest absolute Gasteiger partial charge is 0.137 e. The standard InChI is InChI=1S/C9H9NO3/c1-5(11)7-2-6(4-10)8(12)3-9(7)13/h2-3,5,11-13H,1H3. The molecule has 0 bridgehead atoms. The Kier molecular flexibility index (Phi) is 2.40. The Bertz CT molecular complexity index is 366. The van der Waals surface area contributed by atoms with Crippen molar-refractivity contribution in [3.63, 3.8) is 0 Å². The van der Waals surface area contributed by atoms with E-state index in [0.717, 1.165) is 6.07 Å². The maximum atomic E-state index is 9.25. The van der Waals surface area contributed by atoms with Crippen molar-refractivity contribution < 1.29 is 15.3 Å². The number of nitrogens with zero attached hydrogens (tertiary/aromatic N) is 1. The van der Waals surface area contributed by atoms with Gasteiger partial charge >= 0.3 is 0 Å². The maximum absolute atomic E-state index is 9.25. The molecule has 1 aromatic rings. The molecule has 0 saturated heterocycles. The minimum atomic E-state index is -0.868. The fourth-order valence-corrected chi connectivity index (χ4v) is 1.02. The number of aliphatic hydroxyl groups excluding tert-OH is 1. The van der Waals surface area contributed by atoms with Crippen LogP contribution in [0, 0.1) is 11.3 Å². The van der Waals surface area contributed by atoms with E-state index in [1.165, 1.54) is 13.0 Å². The average molecular weight is 179 g/mol. The summed E-state index contributed by atoms with van der Waals surface area (Å²) in [4.78, 5) is 0. The molecule has 0 aromatic heterocycles. The molecule has 0 heterocycles. The summed E-state index contributed by atoms with van der Waals surface area (Å²) in [6, 6.07) is 4.05. The fraction of sp³-hybridized carbons (Fsp3) is 0.222. The highest BCUT2D eigenvalue weighted by Crippen LogP contribution is 2.30. The van der Waals surface area contributed by atoms with Crippen molar-refractivity contribution in [3.05, 3.63) is 23.3 Å². The molecule has 1 rings (SSSR count). The third-order valence-electron chi connectivity index (χ3n) is 1.72. The Morgan fingerprint density at radius 2 is 1.92 bits per heavy atom. The monoisotopic (exact) mass is 179 g/mol. The number of aliphatic hydroxyl groups is 1. The largest absolute Gasteiger partial charge is 0.507 e. The van der Waals surface area contributed by atoms with Gasteiger partial charge in [-0.1, -0.05) is 0 Å². The minimum absolute atomic E-state index is 0.0358. The van der Waals surface area contributed by atoms with E-state index in [9.17, 15) is 5.11 Å². The second kappa shape index (κ2) is 3.33. The van der Waals surface area contributed by atoms with Gasteiger partial charge in [0.15, 0.2) is 0 Å². The molecule has 4 nitrogen and oxygen atoms in total. The van der Waals surface area contributed by atoms with Crippen LogP contribution in [-0.2, 0) is 0 Å². The predicted octanol–water partition coefficient (Wildman–Crippen LogP) is 1.02. The number of phenols is 2. The zero-order chi connectivity index (χ0) is 10.0. The highest BCUT2D eigenvalue weighted by Gasteiger charge is 2.11. The molecular weight excluding hydrogens is 170 g/mol. The van der Waals surface area contributed by atoms with Crippen LogP contribution in [0.4, 0.5) is 0 Å². The van der Waals surface area contributed by atoms with Gasteiger partial charge in [0.05, 0.1) is 11.7 Å². The summed E-state index contributed by atoms with van der Waals surface area (Å²) in [5, 5.41) is 36.1. The summed E-state index contributed by atoms with van der Waals surface area (Å²) in [7, 11) is 0. The van der Waals surface area contributed by atoms with Crippen molar-refractivity contribution >= 4 is 0 Å². The number of hydrogen-bond donors (Lipinski definition) is 3. The van der Waals surface area contributed by atoms with Gasteiger partial charge in [-0.15, -0.1) is 0 Å². The van der Waals surface area contributed by atoms with Crippen LogP contribution < -0.4 is 0 Å². The molecule has 0 aliphatic heterocycles. The molecule has 3 N–H and O–H groups in total. The second-order valence-corrected chi connectivity index (χ2v) is 2.72. The Morgan fingerprint density at radius 3 is 2.38 bits per heavy atom. The first-order chi connectivity index (χ1) is 6.06. The topological polar surface area (TPSA) is 84.5 Å². The van der Waals surface area contributed by atoms with Gasteiger partial charge in [0.2, 0.25) is 0 Å². The lowest BCUT2D eigenvalue weighted by Gasteiger charge is -2.08. The summed E-state index contributed by atoms with van der Waals surface area (Å²) in [5.41, 5.74) is 0.267. The van der Waals surface area contributed by atoms with Crippen molar-refractivity contribution in [2.75, 3.05) is 0 Å². The third kappa shape index (κ3) is 1.71. The summed E-state index contributed by atoms with van der Waals surface area (Å²) < 4.78 is 0. The van der Waals surface area contributed by atoms with Crippen LogP contribution in [0.2, 0.25) is 0 Å². The number of benzene rings is 1. The van der Waals surface area contributed by atoms with Gasteiger partial charge in [0.1, 0.15) is 17.6 Å². The zero-order valence-electron chi connectivity index (χ0n) is 7.02. The van der Waals surface area contributed by atoms with E-state index in [0.29, 0.717) is 0 Å². The van der Waals surface area contributed by atoms with Crippen LogP contribution >= 0.6 is 0 Å². The quantitative estimate of drug-likeness (QED) is 0.601. The van der Waals surface area contributed by atoms with E-state index >= 15 is 0 Å². The first-order valence-corrected chi connectivity index (χ1v) is 3.70. The van der Waals surface area contributed by atoms with Gasteiger partial charge in [-0.3, -0.25) is 0 Å². The predicted molar refractivity (Wildman–Crippen MR) is 45.1 cm³/mol. The van der Waals surface area contributed by atoms with Crippen LogP contribution in [0.15, 0.2) is 12.1 Å². The molecule has 1 atom stereocenters. The van der Waals surface area contributed by atoms with Crippen LogP contribution in [0.5, 0.6) is 11.5 Å². The van der Waals surface area contributed by atoms with Gasteiger partial charge in [0, 0.05) is 11.6 Å². The summed E-state index contributed by atoms with van der Waals surface area (Å²) in [6.07, 6.45) is -0.868. The first kappa shape index (κ1) is 9.36. The summed E-state index contributed by atoms with van der Waals surface area (Å²) >= 11 is 0. The molecule has 0 aliphatic rings. The molecule has 0 spiro atoms. The normalized spacial score (nSPS) is 12.1. The average Bonchev–Trinajstić information content (AvgIpc) is 2.03. The Labute approximate surface area is 75.3 Å². The van der Waals surface area contributed by atoms with Crippen LogP contribution in [0.1, 0.15) is 24.2 Å². The molecule has 68 valence electrons. The van der Waals surface area contributed by atoms with Crippen molar-refractivity contribution in [2.24, 2.45) is 0 Å². The van der Waals surface area contributed by atoms with Gasteiger partial charge in [-0.25, -0.2) is 0 Å². The van der Waals surface area contributed by atoms with Crippen molar-refractivity contribution in [2.45, 2.75) is 13.0 Å². The van der Waals surface area contributed by atoms with Gasteiger partial charge in [-0.05, 0) is 13.0 Å². The van der Waals surface area contributed by atoms with Crippen LogP contribution in [-0.4, -0.2) is 15.3 Å². The van der Waals surface area contributed by atoms with Crippen LogP contribution in [0.25, 0.3) is 0 Å². The summed E-state index contributed by atoms with van der Waals surface area (Å²) in [5.74, 6) is -0.504. The van der Waals surface area contributed by atoms with E-state index < -0.39 is 6.10 Å². The van der Waals surface area contributed by atoms with Crippen molar-refractivity contribution in [3.8, 4) is 17.6 Å². The lowest BCUT2D eigenvalue weighted by atomic mass is 10.1. The molecule has 0 fully saturated rings.